The molecule has 9 nitrogen and oxygen atoms in total. The molecule has 0 spiro atoms. The average Bonchev–Trinajstić information content (AvgIpc) is 2.68. The van der Waals surface area contributed by atoms with E-state index in [-0.39, 0.29) is 12.5 Å². The van der Waals surface area contributed by atoms with Crippen LogP contribution in [0.3, 0.4) is 0 Å². The van der Waals surface area contributed by atoms with Gasteiger partial charge in [-0.2, -0.15) is 0 Å². The average molecular weight is 358 g/mol. The fraction of sp³-hybridized carbons (Fsp3) is 0.353. The van der Waals surface area contributed by atoms with E-state index in [4.69, 9.17) is 14.6 Å². The van der Waals surface area contributed by atoms with Crippen molar-refractivity contribution >= 4 is 11.9 Å². The predicted molar refractivity (Wildman–Crippen MR) is 89.3 cm³/mol. The topological polar surface area (TPSA) is 124 Å². The Kier molecular flexibility index (Phi) is 5.82. The van der Waals surface area contributed by atoms with Crippen LogP contribution in [0.1, 0.15) is 16.8 Å². The maximum absolute atomic E-state index is 12.4. The van der Waals surface area contributed by atoms with Crippen molar-refractivity contribution in [2.24, 2.45) is 0 Å². The van der Waals surface area contributed by atoms with E-state index in [1.54, 1.807) is 18.5 Å². The first-order chi connectivity index (χ1) is 12.6. The smallest absolute Gasteiger partial charge is 0.329 e. The van der Waals surface area contributed by atoms with Gasteiger partial charge in [0, 0.05) is 37.0 Å². The van der Waals surface area contributed by atoms with Crippen molar-refractivity contribution < 1.29 is 24.2 Å². The van der Waals surface area contributed by atoms with Crippen LogP contribution in [0.15, 0.2) is 36.9 Å². The third-order valence-electron chi connectivity index (χ3n) is 3.86. The van der Waals surface area contributed by atoms with Gasteiger partial charge in [0.1, 0.15) is 6.61 Å². The Morgan fingerprint density at radius 3 is 2.81 bits per heavy atom. The lowest BCUT2D eigenvalue weighted by Gasteiger charge is -2.31. The van der Waals surface area contributed by atoms with Gasteiger partial charge in [-0.15, -0.1) is 0 Å². The molecule has 1 saturated heterocycles. The lowest BCUT2D eigenvalue weighted by molar-refractivity contribution is -0.147. The number of aliphatic carboxylic acids is 1. The monoisotopic (exact) mass is 358 g/mol. The van der Waals surface area contributed by atoms with Crippen molar-refractivity contribution in [2.75, 3.05) is 19.8 Å². The molecular formula is C17H18N4O5. The summed E-state index contributed by atoms with van der Waals surface area (Å²) in [6.45, 7) is 0.296. The zero-order valence-electron chi connectivity index (χ0n) is 13.9. The van der Waals surface area contributed by atoms with Gasteiger partial charge in [-0.25, -0.2) is 14.8 Å². The Balaban J connectivity index is 1.64. The minimum absolute atomic E-state index is 0.255. The lowest BCUT2D eigenvalue weighted by atomic mass is 10.1. The summed E-state index contributed by atoms with van der Waals surface area (Å²) >= 11 is 0. The van der Waals surface area contributed by atoms with Crippen LogP contribution in [0.2, 0.25) is 0 Å². The summed E-state index contributed by atoms with van der Waals surface area (Å²) in [7, 11) is 0. The molecule has 2 N–H and O–H groups in total. The molecule has 1 aliphatic rings. The SMILES string of the molecule is O=C(O)CO[C@@H]1CCOC[C@@H]1NC(=O)c1cnc(-c2cccnc2)nc1. The number of rotatable bonds is 6. The van der Waals surface area contributed by atoms with Crippen molar-refractivity contribution in [1.82, 2.24) is 20.3 Å². The molecule has 0 radical (unpaired) electrons. The molecular weight excluding hydrogens is 340 g/mol. The van der Waals surface area contributed by atoms with Crippen LogP contribution in [0.5, 0.6) is 0 Å². The van der Waals surface area contributed by atoms with Gasteiger partial charge in [-0.05, 0) is 18.6 Å². The third kappa shape index (κ3) is 4.58. The van der Waals surface area contributed by atoms with Gasteiger partial charge < -0.3 is 19.9 Å². The maximum Gasteiger partial charge on any atom is 0.329 e. The highest BCUT2D eigenvalue weighted by Crippen LogP contribution is 2.14. The molecule has 3 heterocycles. The number of carbonyl (C=O) groups excluding carboxylic acids is 1. The van der Waals surface area contributed by atoms with Crippen molar-refractivity contribution in [2.45, 2.75) is 18.6 Å². The second-order valence-electron chi connectivity index (χ2n) is 5.72. The minimum Gasteiger partial charge on any atom is -0.480 e. The van der Waals surface area contributed by atoms with E-state index >= 15 is 0 Å². The van der Waals surface area contributed by atoms with Gasteiger partial charge in [0.15, 0.2) is 5.82 Å². The molecule has 9 heteroatoms. The number of carboxylic acids is 1. The van der Waals surface area contributed by atoms with E-state index in [1.807, 2.05) is 6.07 Å². The van der Waals surface area contributed by atoms with Crippen molar-refractivity contribution in [3.05, 3.63) is 42.5 Å². The van der Waals surface area contributed by atoms with Gasteiger partial charge in [0.05, 0.1) is 24.3 Å². The molecule has 26 heavy (non-hydrogen) atoms. The summed E-state index contributed by atoms with van der Waals surface area (Å²) in [4.78, 5) is 35.5. The van der Waals surface area contributed by atoms with Gasteiger partial charge >= 0.3 is 5.97 Å². The minimum atomic E-state index is -1.05. The number of aromatic nitrogens is 3. The zero-order valence-corrected chi connectivity index (χ0v) is 13.9. The predicted octanol–water partition coefficient (Wildman–Crippen LogP) is 0.527. The fourth-order valence-electron chi connectivity index (χ4n) is 2.57. The highest BCUT2D eigenvalue weighted by molar-refractivity contribution is 5.94. The molecule has 2 aromatic heterocycles. The number of carbonyl (C=O) groups is 2. The molecule has 3 rings (SSSR count). The van der Waals surface area contributed by atoms with E-state index in [2.05, 4.69) is 20.3 Å². The van der Waals surface area contributed by atoms with Crippen LogP contribution in [0.25, 0.3) is 11.4 Å². The summed E-state index contributed by atoms with van der Waals surface area (Å²) in [5, 5.41) is 11.5. The Morgan fingerprint density at radius 1 is 1.31 bits per heavy atom. The van der Waals surface area contributed by atoms with Crippen molar-refractivity contribution in [3.63, 3.8) is 0 Å². The number of amides is 1. The highest BCUT2D eigenvalue weighted by atomic mass is 16.5. The maximum atomic E-state index is 12.4. The number of hydrogen-bond donors (Lipinski definition) is 2. The van der Waals surface area contributed by atoms with E-state index in [1.165, 1.54) is 12.4 Å². The number of ether oxygens (including phenoxy) is 2. The fourth-order valence-corrected chi connectivity index (χ4v) is 2.57. The number of nitrogens with zero attached hydrogens (tertiary/aromatic N) is 3. The summed E-state index contributed by atoms with van der Waals surface area (Å²) in [6.07, 6.45) is 6.25. The summed E-state index contributed by atoms with van der Waals surface area (Å²) < 4.78 is 10.7. The molecule has 0 unspecified atom stereocenters. The number of carboxylic acid groups (broad SMARTS) is 1. The Hall–Kier alpha value is -2.91. The Morgan fingerprint density at radius 2 is 2.12 bits per heavy atom. The Bertz CT molecular complexity index is 754. The lowest BCUT2D eigenvalue weighted by Crippen LogP contribution is -2.51. The molecule has 1 amide bonds. The molecule has 1 aliphatic heterocycles. The summed E-state index contributed by atoms with van der Waals surface area (Å²) in [5.41, 5.74) is 1.04. The largest absolute Gasteiger partial charge is 0.480 e. The van der Waals surface area contributed by atoms with Crippen LogP contribution in [-0.2, 0) is 14.3 Å². The third-order valence-corrected chi connectivity index (χ3v) is 3.86. The van der Waals surface area contributed by atoms with Crippen LogP contribution >= 0.6 is 0 Å². The molecule has 0 aromatic carbocycles. The van der Waals surface area contributed by atoms with Crippen molar-refractivity contribution in [3.8, 4) is 11.4 Å². The van der Waals surface area contributed by atoms with Gasteiger partial charge in [0.2, 0.25) is 0 Å². The standard InChI is InChI=1S/C17H18N4O5/c22-15(23)10-26-14-3-5-25-9-13(14)21-17(24)12-7-19-16(20-8-12)11-2-1-4-18-6-11/h1-2,4,6-8,13-14H,3,5,9-10H2,(H,21,24)(H,22,23)/t13-,14+/m0/s1. The number of hydrogen-bond acceptors (Lipinski definition) is 7. The number of nitrogens with one attached hydrogen (secondary N) is 1. The summed E-state index contributed by atoms with van der Waals surface area (Å²) in [6, 6.07) is 3.17. The molecule has 0 saturated carbocycles. The molecule has 0 bridgehead atoms. The van der Waals surface area contributed by atoms with Crippen LogP contribution in [0, 0.1) is 0 Å². The molecule has 1 fully saturated rings. The van der Waals surface area contributed by atoms with E-state index in [0.29, 0.717) is 24.4 Å². The van der Waals surface area contributed by atoms with Gasteiger partial charge in [-0.3, -0.25) is 9.78 Å². The highest BCUT2D eigenvalue weighted by Gasteiger charge is 2.29. The second-order valence-corrected chi connectivity index (χ2v) is 5.72. The molecule has 2 atom stereocenters. The molecule has 0 aliphatic carbocycles. The summed E-state index contributed by atoms with van der Waals surface area (Å²) in [5.74, 6) is -0.957. The first-order valence-electron chi connectivity index (χ1n) is 8.08. The second kappa shape index (κ2) is 8.45. The zero-order chi connectivity index (χ0) is 18.4. The first kappa shape index (κ1) is 17.9. The van der Waals surface area contributed by atoms with Crippen molar-refractivity contribution in [1.29, 1.82) is 0 Å². The molecule has 2 aromatic rings. The van der Waals surface area contributed by atoms with Crippen LogP contribution in [0.4, 0.5) is 0 Å². The van der Waals surface area contributed by atoms with Crippen LogP contribution in [-0.4, -0.2) is 63.9 Å². The van der Waals surface area contributed by atoms with Gasteiger partial charge in [0.25, 0.3) is 5.91 Å². The number of pyridine rings is 1. The van der Waals surface area contributed by atoms with Crippen LogP contribution < -0.4 is 5.32 Å². The van der Waals surface area contributed by atoms with E-state index in [9.17, 15) is 9.59 Å². The first-order valence-corrected chi connectivity index (χ1v) is 8.08. The molecule has 136 valence electrons. The van der Waals surface area contributed by atoms with E-state index in [0.717, 1.165) is 5.56 Å². The normalized spacial score (nSPS) is 19.7. The van der Waals surface area contributed by atoms with E-state index < -0.39 is 24.7 Å². The van der Waals surface area contributed by atoms with Gasteiger partial charge in [-0.1, -0.05) is 0 Å². The Labute approximate surface area is 149 Å². The quantitative estimate of drug-likeness (QED) is 0.766.